The van der Waals surface area contributed by atoms with Gasteiger partial charge in [0.2, 0.25) is 0 Å². The number of ether oxygens (including phenoxy) is 1. The van der Waals surface area contributed by atoms with Gasteiger partial charge in [0.05, 0.1) is 12.7 Å². The maximum Gasteiger partial charge on any atom is 0.319 e. The molecule has 24 heavy (non-hydrogen) atoms. The van der Waals surface area contributed by atoms with E-state index in [1.165, 1.54) is 11.1 Å². The zero-order valence-electron chi connectivity index (χ0n) is 13.8. The van der Waals surface area contributed by atoms with Crippen LogP contribution in [0.3, 0.4) is 0 Å². The number of carbonyl (C=O) groups excluding carboxylic acids is 1. The Morgan fingerprint density at radius 2 is 1.79 bits per heavy atom. The summed E-state index contributed by atoms with van der Waals surface area (Å²) < 4.78 is 5.55. The van der Waals surface area contributed by atoms with E-state index in [-0.39, 0.29) is 12.1 Å². The summed E-state index contributed by atoms with van der Waals surface area (Å²) in [5.41, 5.74) is 4.30. The van der Waals surface area contributed by atoms with Gasteiger partial charge in [-0.3, -0.25) is 0 Å². The van der Waals surface area contributed by atoms with Crippen LogP contribution in [0.15, 0.2) is 48.5 Å². The second kappa shape index (κ2) is 7.95. The van der Waals surface area contributed by atoms with Gasteiger partial charge in [-0.15, -0.1) is 0 Å². The number of hydrogen-bond donors (Lipinski definition) is 3. The van der Waals surface area contributed by atoms with Crippen LogP contribution in [0.4, 0.5) is 10.5 Å². The van der Waals surface area contributed by atoms with Crippen LogP contribution in [0.2, 0.25) is 0 Å². The van der Waals surface area contributed by atoms with Crippen molar-refractivity contribution < 1.29 is 9.53 Å². The quantitative estimate of drug-likeness (QED) is 0.810. The van der Waals surface area contributed by atoms with Crippen LogP contribution >= 0.6 is 0 Å². The standard InChI is InChI=1S/C19H23N3O2/c1-14-2-4-15(5-3-14)16-6-8-17(9-7-16)22-19(23)21-13-18-12-20-10-11-24-18/h2-9,18,20H,10-13H2,1H3,(H2,21,22,23)/t18-/m0/s1. The molecule has 2 amide bonds. The molecule has 0 bridgehead atoms. The van der Waals surface area contributed by atoms with E-state index < -0.39 is 0 Å². The van der Waals surface area contributed by atoms with Crippen molar-refractivity contribution in [3.8, 4) is 11.1 Å². The predicted molar refractivity (Wildman–Crippen MR) is 96.2 cm³/mol. The highest BCUT2D eigenvalue weighted by Gasteiger charge is 2.14. The van der Waals surface area contributed by atoms with E-state index in [9.17, 15) is 4.79 Å². The molecule has 2 aromatic rings. The van der Waals surface area contributed by atoms with Gasteiger partial charge in [0.1, 0.15) is 0 Å². The summed E-state index contributed by atoms with van der Waals surface area (Å²) in [6.07, 6.45) is 0.0356. The minimum Gasteiger partial charge on any atom is -0.374 e. The van der Waals surface area contributed by atoms with Crippen LogP contribution in [0, 0.1) is 6.92 Å². The van der Waals surface area contributed by atoms with Crippen LogP contribution in [-0.2, 0) is 4.74 Å². The third-order valence-electron chi connectivity index (χ3n) is 4.02. The van der Waals surface area contributed by atoms with Crippen LogP contribution in [0.5, 0.6) is 0 Å². The molecule has 0 saturated carbocycles. The summed E-state index contributed by atoms with van der Waals surface area (Å²) >= 11 is 0. The van der Waals surface area contributed by atoms with E-state index in [4.69, 9.17) is 4.74 Å². The third kappa shape index (κ3) is 4.57. The number of benzene rings is 2. The smallest absolute Gasteiger partial charge is 0.319 e. The molecule has 0 aromatic heterocycles. The maximum absolute atomic E-state index is 11.9. The van der Waals surface area contributed by atoms with Crippen molar-refractivity contribution in [2.75, 3.05) is 31.6 Å². The lowest BCUT2D eigenvalue weighted by molar-refractivity contribution is 0.0310. The van der Waals surface area contributed by atoms with E-state index in [0.717, 1.165) is 24.3 Å². The lowest BCUT2D eigenvalue weighted by atomic mass is 10.0. The van der Waals surface area contributed by atoms with E-state index in [1.54, 1.807) is 0 Å². The Hall–Kier alpha value is -2.37. The number of rotatable bonds is 4. The Morgan fingerprint density at radius 1 is 1.12 bits per heavy atom. The predicted octanol–water partition coefficient (Wildman–Crippen LogP) is 2.77. The van der Waals surface area contributed by atoms with Gasteiger partial charge in [0.25, 0.3) is 0 Å². The SMILES string of the molecule is Cc1ccc(-c2ccc(NC(=O)NC[C@@H]3CNCCO3)cc2)cc1. The molecule has 1 aliphatic heterocycles. The van der Waals surface area contributed by atoms with Gasteiger partial charge in [0, 0.05) is 25.3 Å². The minimum atomic E-state index is -0.216. The van der Waals surface area contributed by atoms with Crippen molar-refractivity contribution in [2.45, 2.75) is 13.0 Å². The largest absolute Gasteiger partial charge is 0.374 e. The first-order valence-corrected chi connectivity index (χ1v) is 8.25. The van der Waals surface area contributed by atoms with Crippen molar-refractivity contribution in [1.29, 1.82) is 0 Å². The van der Waals surface area contributed by atoms with Gasteiger partial charge >= 0.3 is 6.03 Å². The molecular formula is C19H23N3O2. The van der Waals surface area contributed by atoms with E-state index >= 15 is 0 Å². The van der Waals surface area contributed by atoms with Gasteiger partial charge in [-0.25, -0.2) is 4.79 Å². The summed E-state index contributed by atoms with van der Waals surface area (Å²) in [6, 6.07) is 16.0. The fourth-order valence-corrected chi connectivity index (χ4v) is 2.62. The van der Waals surface area contributed by atoms with Crippen molar-refractivity contribution in [2.24, 2.45) is 0 Å². The van der Waals surface area contributed by atoms with Gasteiger partial charge in [-0.1, -0.05) is 42.0 Å². The molecule has 5 nitrogen and oxygen atoms in total. The van der Waals surface area contributed by atoms with Crippen molar-refractivity contribution in [3.05, 3.63) is 54.1 Å². The number of carbonyl (C=O) groups is 1. The minimum absolute atomic E-state index is 0.0356. The molecule has 126 valence electrons. The average Bonchev–Trinajstić information content (AvgIpc) is 2.62. The molecule has 0 unspecified atom stereocenters. The average molecular weight is 325 g/mol. The highest BCUT2D eigenvalue weighted by atomic mass is 16.5. The second-order valence-electron chi connectivity index (χ2n) is 5.98. The fraction of sp³-hybridized carbons (Fsp3) is 0.316. The van der Waals surface area contributed by atoms with Crippen molar-refractivity contribution in [3.63, 3.8) is 0 Å². The number of aryl methyl sites for hydroxylation is 1. The lowest BCUT2D eigenvalue weighted by Gasteiger charge is -2.23. The first-order chi connectivity index (χ1) is 11.7. The van der Waals surface area contributed by atoms with E-state index in [2.05, 4.69) is 47.1 Å². The Balaban J connectivity index is 1.51. The van der Waals surface area contributed by atoms with E-state index in [1.807, 2.05) is 24.3 Å². The fourth-order valence-electron chi connectivity index (χ4n) is 2.62. The molecule has 5 heteroatoms. The molecule has 3 N–H and O–H groups in total. The number of urea groups is 1. The topological polar surface area (TPSA) is 62.4 Å². The van der Waals surface area contributed by atoms with Crippen LogP contribution in [0.25, 0.3) is 11.1 Å². The lowest BCUT2D eigenvalue weighted by Crippen LogP contribution is -2.45. The number of amides is 2. The normalized spacial score (nSPS) is 17.3. The highest BCUT2D eigenvalue weighted by molar-refractivity contribution is 5.89. The molecule has 1 fully saturated rings. The maximum atomic E-state index is 11.9. The number of nitrogens with one attached hydrogen (secondary N) is 3. The summed E-state index contributed by atoms with van der Waals surface area (Å²) in [6.45, 7) is 4.90. The van der Waals surface area contributed by atoms with Gasteiger partial charge in [-0.05, 0) is 30.2 Å². The molecule has 0 spiro atoms. The first-order valence-electron chi connectivity index (χ1n) is 8.25. The van der Waals surface area contributed by atoms with Gasteiger partial charge in [0.15, 0.2) is 0 Å². The molecule has 0 aliphatic carbocycles. The molecule has 1 aliphatic rings. The Morgan fingerprint density at radius 3 is 2.42 bits per heavy atom. The van der Waals surface area contributed by atoms with Crippen molar-refractivity contribution >= 4 is 11.7 Å². The summed E-state index contributed by atoms with van der Waals surface area (Å²) in [4.78, 5) is 11.9. The van der Waals surface area contributed by atoms with Crippen LogP contribution in [-0.4, -0.2) is 38.4 Å². The Labute approximate surface area is 142 Å². The molecular weight excluding hydrogens is 302 g/mol. The summed E-state index contributed by atoms with van der Waals surface area (Å²) in [5.74, 6) is 0. The number of morpholine rings is 1. The molecule has 2 aromatic carbocycles. The zero-order valence-corrected chi connectivity index (χ0v) is 13.8. The second-order valence-corrected chi connectivity index (χ2v) is 5.98. The molecule has 1 heterocycles. The van der Waals surface area contributed by atoms with Crippen LogP contribution < -0.4 is 16.0 Å². The zero-order chi connectivity index (χ0) is 16.8. The van der Waals surface area contributed by atoms with Crippen molar-refractivity contribution in [1.82, 2.24) is 10.6 Å². The first kappa shape index (κ1) is 16.5. The third-order valence-corrected chi connectivity index (χ3v) is 4.02. The Kier molecular flexibility index (Phi) is 5.46. The van der Waals surface area contributed by atoms with Crippen LogP contribution in [0.1, 0.15) is 5.56 Å². The molecule has 0 radical (unpaired) electrons. The summed E-state index contributed by atoms with van der Waals surface area (Å²) in [5, 5.41) is 8.92. The highest BCUT2D eigenvalue weighted by Crippen LogP contribution is 2.21. The molecule has 1 atom stereocenters. The number of anilines is 1. The van der Waals surface area contributed by atoms with Gasteiger partial charge in [-0.2, -0.15) is 0 Å². The van der Waals surface area contributed by atoms with Gasteiger partial charge < -0.3 is 20.7 Å². The Bertz CT molecular complexity index is 662. The summed E-state index contributed by atoms with van der Waals surface area (Å²) in [7, 11) is 0. The molecule has 1 saturated heterocycles. The monoisotopic (exact) mass is 325 g/mol. The number of hydrogen-bond acceptors (Lipinski definition) is 3. The molecule has 3 rings (SSSR count). The van der Waals surface area contributed by atoms with E-state index in [0.29, 0.717) is 13.2 Å².